The number of aromatic nitrogens is 1. The van der Waals surface area contributed by atoms with E-state index in [4.69, 9.17) is 0 Å². The Kier molecular flexibility index (Phi) is 2.69. The van der Waals surface area contributed by atoms with Gasteiger partial charge in [-0.2, -0.15) is 0 Å². The molecule has 0 aliphatic heterocycles. The van der Waals surface area contributed by atoms with Crippen molar-refractivity contribution in [2.24, 2.45) is 7.05 Å². The number of fused-ring (bicyclic) bond motifs is 1. The van der Waals surface area contributed by atoms with E-state index < -0.39 is 5.97 Å². The van der Waals surface area contributed by atoms with E-state index in [0.29, 0.717) is 5.56 Å². The third-order valence-electron chi connectivity index (χ3n) is 3.59. The third kappa shape index (κ3) is 1.62. The van der Waals surface area contributed by atoms with Crippen molar-refractivity contribution >= 4 is 16.9 Å². The maximum absolute atomic E-state index is 11.3. The van der Waals surface area contributed by atoms with Crippen LogP contribution in [0.4, 0.5) is 0 Å². The minimum absolute atomic E-state index is 0.401. The number of aryl methyl sites for hydroxylation is 3. The number of aromatic carboxylic acids is 1. The van der Waals surface area contributed by atoms with Gasteiger partial charge in [0.05, 0.1) is 11.1 Å². The lowest BCUT2D eigenvalue weighted by atomic mass is 10.0. The van der Waals surface area contributed by atoms with Gasteiger partial charge in [-0.3, -0.25) is 0 Å². The number of nitrogens with zero attached hydrogens (tertiary/aromatic N) is 1. The molecule has 0 atom stereocenters. The number of benzene rings is 1. The predicted molar refractivity (Wildman–Crippen MR) is 68.7 cm³/mol. The lowest BCUT2D eigenvalue weighted by molar-refractivity contribution is 0.0698. The normalized spacial score (nSPS) is 11.1. The molecule has 1 heterocycles. The second-order valence-electron chi connectivity index (χ2n) is 4.47. The second-order valence-corrected chi connectivity index (χ2v) is 4.47. The van der Waals surface area contributed by atoms with Crippen molar-refractivity contribution in [3.63, 3.8) is 0 Å². The van der Waals surface area contributed by atoms with Crippen LogP contribution in [0.15, 0.2) is 12.1 Å². The fraction of sp³-hybridized carbons (Fsp3) is 0.357. The molecular formula is C14H17NO2. The number of hydrogen-bond donors (Lipinski definition) is 1. The molecule has 2 rings (SSSR count). The topological polar surface area (TPSA) is 42.2 Å². The number of carbonyl (C=O) groups is 1. The Morgan fingerprint density at radius 2 is 2.00 bits per heavy atom. The van der Waals surface area contributed by atoms with E-state index in [-0.39, 0.29) is 0 Å². The lowest BCUT2D eigenvalue weighted by Crippen LogP contribution is -2.02. The van der Waals surface area contributed by atoms with E-state index in [2.05, 4.69) is 6.07 Å². The fourth-order valence-corrected chi connectivity index (χ4v) is 2.32. The highest BCUT2D eigenvalue weighted by Crippen LogP contribution is 2.28. The molecular weight excluding hydrogens is 214 g/mol. The van der Waals surface area contributed by atoms with Crippen LogP contribution in [0.2, 0.25) is 0 Å². The van der Waals surface area contributed by atoms with E-state index in [1.165, 1.54) is 5.56 Å². The summed E-state index contributed by atoms with van der Waals surface area (Å²) in [5.74, 6) is -0.856. The van der Waals surface area contributed by atoms with Crippen molar-refractivity contribution in [2.75, 3.05) is 0 Å². The van der Waals surface area contributed by atoms with E-state index >= 15 is 0 Å². The number of carboxylic acid groups (broad SMARTS) is 1. The summed E-state index contributed by atoms with van der Waals surface area (Å²) in [6, 6.07) is 3.88. The van der Waals surface area contributed by atoms with Crippen LogP contribution in [0.1, 0.15) is 34.1 Å². The molecule has 17 heavy (non-hydrogen) atoms. The van der Waals surface area contributed by atoms with Gasteiger partial charge in [-0.05, 0) is 43.5 Å². The molecule has 1 aromatic carbocycles. The van der Waals surface area contributed by atoms with E-state index in [9.17, 15) is 9.90 Å². The Labute approximate surface area is 101 Å². The average Bonchev–Trinajstić information content (AvgIpc) is 2.53. The van der Waals surface area contributed by atoms with Crippen LogP contribution in [0.3, 0.4) is 0 Å². The average molecular weight is 231 g/mol. The zero-order valence-corrected chi connectivity index (χ0v) is 10.7. The summed E-state index contributed by atoms with van der Waals surface area (Å²) >= 11 is 0. The van der Waals surface area contributed by atoms with Gasteiger partial charge < -0.3 is 9.67 Å². The van der Waals surface area contributed by atoms with Crippen LogP contribution >= 0.6 is 0 Å². The molecule has 0 spiro atoms. The number of hydrogen-bond acceptors (Lipinski definition) is 1. The maximum atomic E-state index is 11.3. The molecule has 3 heteroatoms. The van der Waals surface area contributed by atoms with Gasteiger partial charge in [0.25, 0.3) is 0 Å². The van der Waals surface area contributed by atoms with Crippen LogP contribution in [-0.4, -0.2) is 15.6 Å². The fourth-order valence-electron chi connectivity index (χ4n) is 2.32. The summed E-state index contributed by atoms with van der Waals surface area (Å²) in [6.07, 6.45) is 0.851. The molecule has 0 bridgehead atoms. The van der Waals surface area contributed by atoms with Crippen LogP contribution in [0, 0.1) is 13.8 Å². The second kappa shape index (κ2) is 3.91. The van der Waals surface area contributed by atoms with E-state index in [0.717, 1.165) is 28.6 Å². The summed E-state index contributed by atoms with van der Waals surface area (Å²) < 4.78 is 1.97. The van der Waals surface area contributed by atoms with Gasteiger partial charge in [0.15, 0.2) is 0 Å². The first-order valence-electron chi connectivity index (χ1n) is 5.79. The highest BCUT2D eigenvalue weighted by atomic mass is 16.4. The zero-order valence-electron chi connectivity index (χ0n) is 10.7. The molecule has 0 saturated heterocycles. The van der Waals surface area contributed by atoms with Crippen molar-refractivity contribution in [3.05, 3.63) is 34.5 Å². The molecule has 0 unspecified atom stereocenters. The zero-order chi connectivity index (χ0) is 12.7. The first-order valence-corrected chi connectivity index (χ1v) is 5.79. The SMILES string of the molecule is CCc1cc(C(=O)O)c2c(c1)c(C)c(C)n2C. The first kappa shape index (κ1) is 11.7. The summed E-state index contributed by atoms with van der Waals surface area (Å²) in [6.45, 7) is 6.10. The van der Waals surface area contributed by atoms with Gasteiger partial charge >= 0.3 is 5.97 Å². The van der Waals surface area contributed by atoms with Crippen molar-refractivity contribution < 1.29 is 9.90 Å². The standard InChI is InChI=1S/C14H17NO2/c1-5-10-6-11-8(2)9(3)15(4)13(11)12(7-10)14(16)17/h6-7H,5H2,1-4H3,(H,16,17). The Balaban J connectivity index is 2.96. The molecule has 3 nitrogen and oxygen atoms in total. The van der Waals surface area contributed by atoms with Gasteiger partial charge in [0.2, 0.25) is 0 Å². The Bertz CT molecular complexity index is 608. The highest BCUT2D eigenvalue weighted by Gasteiger charge is 2.17. The van der Waals surface area contributed by atoms with E-state index in [1.54, 1.807) is 6.07 Å². The van der Waals surface area contributed by atoms with Crippen molar-refractivity contribution in [1.82, 2.24) is 4.57 Å². The van der Waals surface area contributed by atoms with Gasteiger partial charge in [-0.15, -0.1) is 0 Å². The molecule has 0 radical (unpaired) electrons. The Morgan fingerprint density at radius 1 is 1.35 bits per heavy atom. The van der Waals surface area contributed by atoms with Crippen LogP contribution in [0.25, 0.3) is 10.9 Å². The van der Waals surface area contributed by atoms with Crippen LogP contribution in [0.5, 0.6) is 0 Å². The van der Waals surface area contributed by atoms with Crippen molar-refractivity contribution in [3.8, 4) is 0 Å². The van der Waals surface area contributed by atoms with Gasteiger partial charge in [0, 0.05) is 18.1 Å². The van der Waals surface area contributed by atoms with Crippen molar-refractivity contribution in [1.29, 1.82) is 0 Å². The highest BCUT2D eigenvalue weighted by molar-refractivity contribution is 6.04. The maximum Gasteiger partial charge on any atom is 0.337 e. The van der Waals surface area contributed by atoms with Crippen molar-refractivity contribution in [2.45, 2.75) is 27.2 Å². The molecule has 0 aliphatic carbocycles. The minimum atomic E-state index is -0.856. The molecule has 0 amide bonds. The van der Waals surface area contributed by atoms with Crippen LogP contribution in [-0.2, 0) is 13.5 Å². The van der Waals surface area contributed by atoms with Gasteiger partial charge in [-0.1, -0.05) is 6.92 Å². The molecule has 0 fully saturated rings. The number of rotatable bonds is 2. The Morgan fingerprint density at radius 3 is 2.53 bits per heavy atom. The molecule has 1 aromatic heterocycles. The van der Waals surface area contributed by atoms with Gasteiger partial charge in [0.1, 0.15) is 0 Å². The summed E-state index contributed by atoms with van der Waals surface area (Å²) in [5.41, 5.74) is 4.59. The molecule has 0 aliphatic rings. The van der Waals surface area contributed by atoms with Crippen LogP contribution < -0.4 is 0 Å². The third-order valence-corrected chi connectivity index (χ3v) is 3.59. The molecule has 2 aromatic rings. The largest absolute Gasteiger partial charge is 0.478 e. The summed E-state index contributed by atoms with van der Waals surface area (Å²) in [7, 11) is 1.92. The summed E-state index contributed by atoms with van der Waals surface area (Å²) in [5, 5.41) is 10.4. The molecule has 90 valence electrons. The minimum Gasteiger partial charge on any atom is -0.478 e. The molecule has 0 saturated carbocycles. The number of carboxylic acids is 1. The molecule has 1 N–H and O–H groups in total. The first-order chi connectivity index (χ1) is 7.97. The summed E-state index contributed by atoms with van der Waals surface area (Å²) in [4.78, 5) is 11.3. The smallest absolute Gasteiger partial charge is 0.337 e. The monoisotopic (exact) mass is 231 g/mol. The van der Waals surface area contributed by atoms with Gasteiger partial charge in [-0.25, -0.2) is 4.79 Å². The van der Waals surface area contributed by atoms with E-state index in [1.807, 2.05) is 32.4 Å². The predicted octanol–water partition coefficient (Wildman–Crippen LogP) is 3.06. The quantitative estimate of drug-likeness (QED) is 0.863. The Hall–Kier alpha value is -1.77. The lowest BCUT2D eigenvalue weighted by Gasteiger charge is -2.05.